The van der Waals surface area contributed by atoms with Crippen LogP contribution in [0.1, 0.15) is 10.5 Å². The Morgan fingerprint density at radius 2 is 2.31 bits per heavy atom. The Balaban J connectivity index is 2.91. The molecule has 13 heavy (non-hydrogen) atoms. The van der Waals surface area contributed by atoms with E-state index in [2.05, 4.69) is 15.0 Å². The van der Waals surface area contributed by atoms with Crippen molar-refractivity contribution in [1.29, 1.82) is 0 Å². The molecular weight excluding hydrogens is 174 g/mol. The maximum atomic E-state index is 11.1. The van der Waals surface area contributed by atoms with Crippen LogP contribution in [-0.2, 0) is 0 Å². The van der Waals surface area contributed by atoms with E-state index in [0.717, 1.165) is 4.40 Å². The van der Waals surface area contributed by atoms with E-state index in [1.54, 1.807) is 0 Å². The topological polar surface area (TPSA) is 106 Å². The van der Waals surface area contributed by atoms with Crippen LogP contribution >= 0.6 is 0 Å². The second kappa shape index (κ2) is 2.41. The Morgan fingerprint density at radius 3 is 3.00 bits per heavy atom. The highest BCUT2D eigenvalue weighted by molar-refractivity contribution is 5.96. The summed E-state index contributed by atoms with van der Waals surface area (Å²) in [4.78, 5) is 31.6. The van der Waals surface area contributed by atoms with Gasteiger partial charge in [-0.2, -0.15) is 0 Å². The van der Waals surface area contributed by atoms with Gasteiger partial charge >= 0.3 is 5.69 Å². The molecule has 0 spiro atoms. The Hall–Kier alpha value is -2.18. The lowest BCUT2D eigenvalue weighted by Gasteiger charge is -1.90. The van der Waals surface area contributed by atoms with Crippen LogP contribution in [0.15, 0.2) is 17.4 Å². The highest BCUT2D eigenvalue weighted by atomic mass is 16.1. The van der Waals surface area contributed by atoms with Crippen LogP contribution in [0.2, 0.25) is 0 Å². The molecule has 3 N–H and O–H groups in total. The van der Waals surface area contributed by atoms with Gasteiger partial charge in [0.25, 0.3) is 5.91 Å². The first kappa shape index (κ1) is 7.47. The first-order valence-corrected chi connectivity index (χ1v) is 3.40. The molecule has 0 aliphatic rings. The zero-order valence-corrected chi connectivity index (χ0v) is 6.39. The van der Waals surface area contributed by atoms with Crippen molar-refractivity contribution in [2.75, 3.05) is 0 Å². The Bertz CT molecular complexity index is 525. The fraction of sp³-hybridized carbons (Fsp3) is 0. The molecule has 1 amide bonds. The first-order chi connectivity index (χ1) is 6.20. The van der Waals surface area contributed by atoms with Crippen LogP contribution in [0.4, 0.5) is 0 Å². The molecule has 2 aromatic heterocycles. The number of hydrogen-bond acceptors (Lipinski definition) is 4. The van der Waals surface area contributed by atoms with E-state index in [1.165, 1.54) is 12.7 Å². The molecule has 0 radical (unpaired) electrons. The summed E-state index contributed by atoms with van der Waals surface area (Å²) < 4.78 is 1.11. The molecular formula is C6H5N5O2. The van der Waals surface area contributed by atoms with E-state index in [4.69, 9.17) is 5.73 Å². The maximum absolute atomic E-state index is 11.1. The largest absolute Gasteiger partial charge is 0.364 e. The normalized spacial score (nSPS) is 10.5. The molecule has 0 saturated carbocycles. The smallest absolute Gasteiger partial charge is 0.333 e. The van der Waals surface area contributed by atoms with Crippen molar-refractivity contribution >= 4 is 11.6 Å². The van der Waals surface area contributed by atoms with Crippen molar-refractivity contribution in [2.24, 2.45) is 5.73 Å². The third-order valence-corrected chi connectivity index (χ3v) is 1.57. The standard InChI is InChI=1S/C6H5N5O2/c7-4(12)3-5-8-1-9-6(13)11(5)2-10-3/h1-2H,(H2,7,12)(H,8,9,13). The summed E-state index contributed by atoms with van der Waals surface area (Å²) in [5.74, 6) is -0.708. The van der Waals surface area contributed by atoms with Gasteiger partial charge < -0.3 is 5.73 Å². The third-order valence-electron chi connectivity index (χ3n) is 1.57. The van der Waals surface area contributed by atoms with Gasteiger partial charge in [-0.1, -0.05) is 0 Å². The summed E-state index contributed by atoms with van der Waals surface area (Å²) >= 11 is 0. The predicted octanol–water partition coefficient (Wildman–Crippen LogP) is -1.48. The molecule has 0 atom stereocenters. The Morgan fingerprint density at radius 1 is 1.54 bits per heavy atom. The number of carbonyl (C=O) groups is 1. The number of nitrogens with one attached hydrogen (secondary N) is 1. The molecule has 0 aromatic carbocycles. The SMILES string of the molecule is NC(=O)c1ncn2c(=O)[nH]cnc12. The van der Waals surface area contributed by atoms with Crippen LogP contribution in [0.3, 0.4) is 0 Å². The zero-order valence-electron chi connectivity index (χ0n) is 6.39. The Kier molecular flexibility index (Phi) is 1.38. The molecule has 0 saturated heterocycles. The molecule has 2 rings (SSSR count). The molecule has 0 fully saturated rings. The number of imidazole rings is 1. The highest BCUT2D eigenvalue weighted by Gasteiger charge is 2.11. The summed E-state index contributed by atoms with van der Waals surface area (Å²) in [5, 5.41) is 0. The molecule has 0 unspecified atom stereocenters. The van der Waals surface area contributed by atoms with Crippen LogP contribution < -0.4 is 11.4 Å². The van der Waals surface area contributed by atoms with E-state index in [-0.39, 0.29) is 11.3 Å². The molecule has 7 nitrogen and oxygen atoms in total. The lowest BCUT2D eigenvalue weighted by atomic mass is 10.4. The second-order valence-electron chi connectivity index (χ2n) is 2.36. The van der Waals surface area contributed by atoms with Gasteiger partial charge in [0.2, 0.25) is 0 Å². The van der Waals surface area contributed by atoms with E-state index in [1.807, 2.05) is 0 Å². The van der Waals surface area contributed by atoms with Gasteiger partial charge in [-0.3, -0.25) is 9.78 Å². The van der Waals surface area contributed by atoms with Crippen molar-refractivity contribution in [3.8, 4) is 0 Å². The quantitative estimate of drug-likeness (QED) is 0.556. The summed E-state index contributed by atoms with van der Waals surface area (Å²) in [6.07, 6.45) is 2.38. The van der Waals surface area contributed by atoms with Crippen LogP contribution in [0, 0.1) is 0 Å². The van der Waals surface area contributed by atoms with Crippen LogP contribution in [-0.4, -0.2) is 25.3 Å². The molecule has 0 aliphatic heterocycles. The first-order valence-electron chi connectivity index (χ1n) is 3.40. The number of nitrogens with zero attached hydrogens (tertiary/aromatic N) is 3. The third kappa shape index (κ3) is 0.975. The van der Waals surface area contributed by atoms with E-state index in [9.17, 15) is 9.59 Å². The lowest BCUT2D eigenvalue weighted by molar-refractivity contribution is 0.0997. The highest BCUT2D eigenvalue weighted by Crippen LogP contribution is 2.00. The molecule has 66 valence electrons. The van der Waals surface area contributed by atoms with E-state index in [0.29, 0.717) is 0 Å². The average Bonchev–Trinajstić information content (AvgIpc) is 2.48. The summed E-state index contributed by atoms with van der Waals surface area (Å²) in [6, 6.07) is 0. The fourth-order valence-corrected chi connectivity index (χ4v) is 1.01. The van der Waals surface area contributed by atoms with E-state index < -0.39 is 11.6 Å². The number of aromatic nitrogens is 4. The Labute approximate surface area is 71.2 Å². The minimum atomic E-state index is -0.708. The van der Waals surface area contributed by atoms with Gasteiger partial charge in [-0.05, 0) is 0 Å². The van der Waals surface area contributed by atoms with Gasteiger partial charge in [-0.25, -0.2) is 19.2 Å². The van der Waals surface area contributed by atoms with Gasteiger partial charge in [-0.15, -0.1) is 0 Å². The van der Waals surface area contributed by atoms with Crippen molar-refractivity contribution in [3.63, 3.8) is 0 Å². The average molecular weight is 179 g/mol. The summed E-state index contributed by atoms with van der Waals surface area (Å²) in [5.41, 5.74) is 4.75. The molecule has 2 aromatic rings. The molecule has 0 bridgehead atoms. The van der Waals surface area contributed by atoms with Crippen molar-refractivity contribution < 1.29 is 4.79 Å². The van der Waals surface area contributed by atoms with Crippen molar-refractivity contribution in [1.82, 2.24) is 19.4 Å². The summed E-state index contributed by atoms with van der Waals surface area (Å²) in [6.45, 7) is 0. The summed E-state index contributed by atoms with van der Waals surface area (Å²) in [7, 11) is 0. The molecule has 7 heteroatoms. The van der Waals surface area contributed by atoms with Crippen molar-refractivity contribution in [2.45, 2.75) is 0 Å². The fourth-order valence-electron chi connectivity index (χ4n) is 1.01. The lowest BCUT2D eigenvalue weighted by Crippen LogP contribution is -2.17. The number of fused-ring (bicyclic) bond motifs is 1. The number of hydrogen-bond donors (Lipinski definition) is 2. The van der Waals surface area contributed by atoms with E-state index >= 15 is 0 Å². The minimum Gasteiger partial charge on any atom is -0.364 e. The van der Waals surface area contributed by atoms with Crippen LogP contribution in [0.5, 0.6) is 0 Å². The number of H-pyrrole nitrogens is 1. The predicted molar refractivity (Wildman–Crippen MR) is 42.1 cm³/mol. The maximum Gasteiger partial charge on any atom is 0.333 e. The zero-order chi connectivity index (χ0) is 9.42. The number of carbonyl (C=O) groups excluding carboxylic acids is 1. The van der Waals surface area contributed by atoms with Crippen molar-refractivity contribution in [3.05, 3.63) is 28.8 Å². The van der Waals surface area contributed by atoms with Crippen LogP contribution in [0.25, 0.3) is 5.65 Å². The van der Waals surface area contributed by atoms with Gasteiger partial charge in [0.1, 0.15) is 6.33 Å². The number of nitrogens with two attached hydrogens (primary N) is 1. The molecule has 0 aliphatic carbocycles. The van der Waals surface area contributed by atoms with Gasteiger partial charge in [0, 0.05) is 0 Å². The monoisotopic (exact) mass is 179 g/mol. The second-order valence-corrected chi connectivity index (χ2v) is 2.36. The number of amides is 1. The molecule has 2 heterocycles. The number of aromatic amines is 1. The number of primary amides is 1. The minimum absolute atomic E-state index is 0.00824. The van der Waals surface area contributed by atoms with Gasteiger partial charge in [0.05, 0.1) is 6.33 Å². The number of rotatable bonds is 1. The van der Waals surface area contributed by atoms with Gasteiger partial charge in [0.15, 0.2) is 11.3 Å².